The van der Waals surface area contributed by atoms with Crippen LogP contribution in [0.2, 0.25) is 0 Å². The van der Waals surface area contributed by atoms with E-state index in [0.29, 0.717) is 12.0 Å². The molecule has 2 nitrogen and oxygen atoms in total. The van der Waals surface area contributed by atoms with Crippen LogP contribution in [0.25, 0.3) is 0 Å². The highest BCUT2D eigenvalue weighted by atomic mass is 14.9. The molecule has 0 saturated carbocycles. The van der Waals surface area contributed by atoms with E-state index in [4.69, 9.17) is 0 Å². The summed E-state index contributed by atoms with van der Waals surface area (Å²) < 4.78 is 0. The van der Waals surface area contributed by atoms with Crippen molar-refractivity contribution in [1.82, 2.24) is 10.3 Å². The van der Waals surface area contributed by atoms with E-state index in [1.807, 2.05) is 19.4 Å². The maximum absolute atomic E-state index is 4.06. The van der Waals surface area contributed by atoms with Gasteiger partial charge < -0.3 is 5.32 Å². The van der Waals surface area contributed by atoms with Gasteiger partial charge in [-0.25, -0.2) is 0 Å². The summed E-state index contributed by atoms with van der Waals surface area (Å²) in [6.45, 7) is 2.28. The average molecular weight is 240 g/mol. The molecule has 1 aromatic carbocycles. The second kappa shape index (κ2) is 6.31. The van der Waals surface area contributed by atoms with E-state index in [1.165, 1.54) is 11.1 Å². The third-order valence-corrected chi connectivity index (χ3v) is 3.50. The third-order valence-electron chi connectivity index (χ3n) is 3.50. The molecular formula is C16H20N2. The largest absolute Gasteiger partial charge is 0.316 e. The van der Waals surface area contributed by atoms with Crippen LogP contribution in [0.4, 0.5) is 0 Å². The molecule has 0 aliphatic rings. The zero-order chi connectivity index (χ0) is 12.8. The van der Waals surface area contributed by atoms with Crippen molar-refractivity contribution in [3.8, 4) is 0 Å². The minimum absolute atomic E-state index is 0.440. The van der Waals surface area contributed by atoms with Crippen molar-refractivity contribution >= 4 is 0 Å². The summed E-state index contributed by atoms with van der Waals surface area (Å²) >= 11 is 0. The zero-order valence-electron chi connectivity index (χ0n) is 11.0. The summed E-state index contributed by atoms with van der Waals surface area (Å²) in [6.07, 6.45) is 4.74. The molecule has 2 rings (SSSR count). The Hall–Kier alpha value is -1.67. The topological polar surface area (TPSA) is 24.9 Å². The van der Waals surface area contributed by atoms with Crippen molar-refractivity contribution in [2.75, 3.05) is 7.05 Å². The van der Waals surface area contributed by atoms with Crippen molar-refractivity contribution in [2.24, 2.45) is 0 Å². The maximum atomic E-state index is 4.06. The molecule has 0 aliphatic carbocycles. The van der Waals surface area contributed by atoms with Gasteiger partial charge in [0, 0.05) is 18.4 Å². The number of nitrogens with zero attached hydrogens (tertiary/aromatic N) is 1. The van der Waals surface area contributed by atoms with Gasteiger partial charge in [0.15, 0.2) is 0 Å². The van der Waals surface area contributed by atoms with E-state index in [0.717, 1.165) is 6.42 Å². The fraction of sp³-hybridized carbons (Fsp3) is 0.312. The number of pyridine rings is 1. The summed E-state index contributed by atoms with van der Waals surface area (Å²) in [4.78, 5) is 4.06. The number of rotatable bonds is 5. The predicted molar refractivity (Wildman–Crippen MR) is 75.6 cm³/mol. The summed E-state index contributed by atoms with van der Waals surface area (Å²) in [6, 6.07) is 15.3. The second-order valence-electron chi connectivity index (χ2n) is 4.65. The van der Waals surface area contributed by atoms with Crippen LogP contribution in [0.5, 0.6) is 0 Å². The minimum Gasteiger partial charge on any atom is -0.316 e. The van der Waals surface area contributed by atoms with Gasteiger partial charge in [0.25, 0.3) is 0 Å². The molecule has 2 atom stereocenters. The Morgan fingerprint density at radius 3 is 2.33 bits per heavy atom. The van der Waals surface area contributed by atoms with Crippen LogP contribution in [0.1, 0.15) is 24.0 Å². The molecule has 0 aliphatic heterocycles. The van der Waals surface area contributed by atoms with E-state index in [-0.39, 0.29) is 0 Å². The Balaban J connectivity index is 2.09. The van der Waals surface area contributed by atoms with Crippen LogP contribution in [0.3, 0.4) is 0 Å². The predicted octanol–water partition coefficient (Wildman–Crippen LogP) is 3.02. The van der Waals surface area contributed by atoms with Gasteiger partial charge in [-0.15, -0.1) is 0 Å². The molecule has 1 aromatic heterocycles. The van der Waals surface area contributed by atoms with Gasteiger partial charge >= 0.3 is 0 Å². The molecule has 0 fully saturated rings. The Kier molecular flexibility index (Phi) is 4.48. The number of nitrogens with one attached hydrogen (secondary N) is 1. The lowest BCUT2D eigenvalue weighted by molar-refractivity contribution is 0.483. The highest BCUT2D eigenvalue weighted by Gasteiger charge is 2.17. The summed E-state index contributed by atoms with van der Waals surface area (Å²) in [5.41, 5.74) is 2.71. The second-order valence-corrected chi connectivity index (χ2v) is 4.65. The van der Waals surface area contributed by atoms with Gasteiger partial charge in [-0.05, 0) is 42.6 Å². The third kappa shape index (κ3) is 3.17. The van der Waals surface area contributed by atoms with Gasteiger partial charge in [-0.2, -0.15) is 0 Å². The van der Waals surface area contributed by atoms with Gasteiger partial charge in [0.05, 0.1) is 0 Å². The molecule has 2 unspecified atom stereocenters. The molecule has 2 heteroatoms. The van der Waals surface area contributed by atoms with Gasteiger partial charge in [0.2, 0.25) is 0 Å². The molecule has 0 radical (unpaired) electrons. The molecule has 2 aromatic rings. The average Bonchev–Trinajstić information content (AvgIpc) is 2.46. The monoisotopic (exact) mass is 240 g/mol. The van der Waals surface area contributed by atoms with Gasteiger partial charge in [0.1, 0.15) is 0 Å². The number of likely N-dealkylation sites (N-methyl/N-ethyl adjacent to an activating group) is 1. The lowest BCUT2D eigenvalue weighted by Gasteiger charge is -2.24. The van der Waals surface area contributed by atoms with Crippen molar-refractivity contribution in [3.05, 3.63) is 66.0 Å². The number of hydrogen-bond donors (Lipinski definition) is 1. The molecule has 0 amide bonds. The van der Waals surface area contributed by atoms with Crippen molar-refractivity contribution in [1.29, 1.82) is 0 Å². The van der Waals surface area contributed by atoms with E-state index in [9.17, 15) is 0 Å². The summed E-state index contributed by atoms with van der Waals surface area (Å²) in [5, 5.41) is 3.43. The first kappa shape index (κ1) is 12.8. The van der Waals surface area contributed by atoms with Crippen LogP contribution in [0, 0.1) is 0 Å². The van der Waals surface area contributed by atoms with Gasteiger partial charge in [-0.1, -0.05) is 37.3 Å². The molecule has 0 saturated heterocycles. The smallest absolute Gasteiger partial charge is 0.0270 e. The standard InChI is InChI=1S/C16H20N2/c1-13(15-6-4-3-5-7-15)16(17-2)12-14-8-10-18-11-9-14/h3-11,13,16-17H,12H2,1-2H3. The first-order valence-electron chi connectivity index (χ1n) is 6.42. The molecule has 94 valence electrons. The molecule has 0 spiro atoms. The minimum atomic E-state index is 0.440. The summed E-state index contributed by atoms with van der Waals surface area (Å²) in [7, 11) is 2.03. The Morgan fingerprint density at radius 1 is 1.06 bits per heavy atom. The van der Waals surface area contributed by atoms with E-state index >= 15 is 0 Å². The molecule has 1 heterocycles. The van der Waals surface area contributed by atoms with E-state index < -0.39 is 0 Å². The van der Waals surface area contributed by atoms with Crippen LogP contribution in [0.15, 0.2) is 54.9 Å². The molecule has 1 N–H and O–H groups in total. The fourth-order valence-corrected chi connectivity index (χ4v) is 2.29. The number of hydrogen-bond acceptors (Lipinski definition) is 2. The SMILES string of the molecule is CNC(Cc1ccncc1)C(C)c1ccccc1. The van der Waals surface area contributed by atoms with Crippen LogP contribution < -0.4 is 5.32 Å². The van der Waals surface area contributed by atoms with Crippen LogP contribution >= 0.6 is 0 Å². The van der Waals surface area contributed by atoms with Gasteiger partial charge in [-0.3, -0.25) is 4.98 Å². The first-order chi connectivity index (χ1) is 8.81. The quantitative estimate of drug-likeness (QED) is 0.869. The van der Waals surface area contributed by atoms with Crippen molar-refractivity contribution < 1.29 is 0 Å². The van der Waals surface area contributed by atoms with Crippen molar-refractivity contribution in [3.63, 3.8) is 0 Å². The lowest BCUT2D eigenvalue weighted by Crippen LogP contribution is -2.32. The Bertz CT molecular complexity index is 453. The molecule has 18 heavy (non-hydrogen) atoms. The fourth-order valence-electron chi connectivity index (χ4n) is 2.29. The number of benzene rings is 1. The van der Waals surface area contributed by atoms with Crippen LogP contribution in [-0.4, -0.2) is 18.1 Å². The zero-order valence-corrected chi connectivity index (χ0v) is 11.0. The highest BCUT2D eigenvalue weighted by molar-refractivity contribution is 5.22. The first-order valence-corrected chi connectivity index (χ1v) is 6.42. The lowest BCUT2D eigenvalue weighted by atomic mass is 9.89. The summed E-state index contributed by atoms with van der Waals surface area (Å²) in [5.74, 6) is 0.490. The Labute approximate surface area is 109 Å². The van der Waals surface area contributed by atoms with E-state index in [2.05, 4.69) is 59.7 Å². The Morgan fingerprint density at radius 2 is 1.72 bits per heavy atom. The van der Waals surface area contributed by atoms with Crippen LogP contribution in [-0.2, 0) is 6.42 Å². The molecule has 0 bridgehead atoms. The van der Waals surface area contributed by atoms with E-state index in [1.54, 1.807) is 0 Å². The molecular weight excluding hydrogens is 220 g/mol. The highest BCUT2D eigenvalue weighted by Crippen LogP contribution is 2.21. The normalized spacial score (nSPS) is 14.1. The maximum Gasteiger partial charge on any atom is 0.0270 e. The van der Waals surface area contributed by atoms with Crippen molar-refractivity contribution in [2.45, 2.75) is 25.3 Å². The number of aromatic nitrogens is 1.